The third-order valence-electron chi connectivity index (χ3n) is 6.19. The Morgan fingerprint density at radius 1 is 1.19 bits per heavy atom. The molecule has 1 aromatic carbocycles. The molecule has 1 amide bonds. The van der Waals surface area contributed by atoms with E-state index in [4.69, 9.17) is 4.74 Å². The van der Waals surface area contributed by atoms with Gasteiger partial charge in [0, 0.05) is 28.5 Å². The topological polar surface area (TPSA) is 72.8 Å². The highest BCUT2D eigenvalue weighted by atomic mass is 32.2. The van der Waals surface area contributed by atoms with E-state index in [9.17, 15) is 13.9 Å². The summed E-state index contributed by atoms with van der Waals surface area (Å²) in [5.41, 5.74) is 1.91. The van der Waals surface area contributed by atoms with Gasteiger partial charge in [-0.2, -0.15) is 0 Å². The van der Waals surface area contributed by atoms with E-state index in [-0.39, 0.29) is 5.25 Å². The molecule has 4 rings (SSSR count). The van der Waals surface area contributed by atoms with Crippen molar-refractivity contribution < 1.29 is 13.7 Å². The monoisotopic (exact) mass is 389 g/mol. The molecule has 146 valence electrons. The van der Waals surface area contributed by atoms with Crippen molar-refractivity contribution in [2.75, 3.05) is 13.2 Å². The van der Waals surface area contributed by atoms with Crippen LogP contribution in [0.2, 0.25) is 0 Å². The lowest BCUT2D eigenvalue weighted by Crippen LogP contribution is -2.21. The molecule has 6 heteroatoms. The second-order valence-electron chi connectivity index (χ2n) is 8.27. The van der Waals surface area contributed by atoms with E-state index in [1.165, 1.54) is 0 Å². The molecule has 0 radical (unpaired) electrons. The molecular formula is C21H27NO4S. The van der Waals surface area contributed by atoms with Crippen LogP contribution in [0.4, 0.5) is 0 Å². The largest absolute Gasteiger partial charge is 0.381 e. The number of nitroso groups, excluding NO2 is 1. The van der Waals surface area contributed by atoms with Gasteiger partial charge in [-0.15, -0.1) is 4.91 Å². The number of hydrogen-bond donors (Lipinski definition) is 0. The van der Waals surface area contributed by atoms with Crippen molar-refractivity contribution in [2.24, 2.45) is 11.1 Å². The lowest BCUT2D eigenvalue weighted by molar-refractivity contribution is -0.120. The summed E-state index contributed by atoms with van der Waals surface area (Å²) in [4.78, 5) is 24.2. The number of nitrogens with zero attached hydrogens (tertiary/aromatic N) is 1. The smallest absolute Gasteiger partial charge is 0.293 e. The van der Waals surface area contributed by atoms with E-state index in [0.29, 0.717) is 31.5 Å². The van der Waals surface area contributed by atoms with E-state index >= 15 is 0 Å². The maximum Gasteiger partial charge on any atom is 0.293 e. The molecule has 3 aliphatic rings. The molecular weight excluding hydrogens is 362 g/mol. The third-order valence-corrected chi connectivity index (χ3v) is 8.85. The summed E-state index contributed by atoms with van der Waals surface area (Å²) in [7, 11) is -2.28. The maximum atomic E-state index is 13.2. The number of ether oxygens (including phenoxy) is 1. The second-order valence-corrected chi connectivity index (χ2v) is 10.8. The van der Waals surface area contributed by atoms with Gasteiger partial charge in [-0.05, 0) is 89.4 Å². The molecule has 2 unspecified atom stereocenters. The molecule has 2 atom stereocenters. The summed E-state index contributed by atoms with van der Waals surface area (Å²) in [5, 5.41) is 2.93. The first-order valence-electron chi connectivity index (χ1n) is 9.95. The summed E-state index contributed by atoms with van der Waals surface area (Å²) in [6.45, 7) is 1.41. The van der Waals surface area contributed by atoms with Gasteiger partial charge >= 0.3 is 0 Å². The van der Waals surface area contributed by atoms with Crippen LogP contribution in [-0.4, -0.2) is 34.5 Å². The molecule has 27 heavy (non-hydrogen) atoms. The Bertz CT molecular complexity index is 834. The molecule has 0 aromatic heterocycles. The first kappa shape index (κ1) is 18.8. The first-order chi connectivity index (χ1) is 13.0. The number of carbonyl (C=O) groups is 1. The van der Waals surface area contributed by atoms with Crippen LogP contribution in [0.25, 0.3) is 0 Å². The fourth-order valence-electron chi connectivity index (χ4n) is 4.20. The Morgan fingerprint density at radius 2 is 1.89 bits per heavy atom. The zero-order valence-corrected chi connectivity index (χ0v) is 16.4. The van der Waals surface area contributed by atoms with E-state index in [0.717, 1.165) is 54.5 Å². The Hall–Kier alpha value is -1.53. The zero-order valence-electron chi connectivity index (χ0n) is 15.6. The average Bonchev–Trinajstić information content (AvgIpc) is 3.58. The molecule has 2 aliphatic carbocycles. The summed E-state index contributed by atoms with van der Waals surface area (Å²) in [6, 6.07) is 5.81. The lowest BCUT2D eigenvalue weighted by atomic mass is 9.84. The van der Waals surface area contributed by atoms with Crippen molar-refractivity contribution in [3.63, 3.8) is 0 Å². The minimum atomic E-state index is -2.28. The van der Waals surface area contributed by atoms with Gasteiger partial charge in [0.15, 0.2) is 0 Å². The van der Waals surface area contributed by atoms with E-state index in [1.807, 2.05) is 18.2 Å². The van der Waals surface area contributed by atoms with Gasteiger partial charge in [0.25, 0.3) is 5.91 Å². The normalized spacial score (nSPS) is 24.1. The predicted molar refractivity (Wildman–Crippen MR) is 107 cm³/mol. The zero-order chi connectivity index (χ0) is 19.0. The van der Waals surface area contributed by atoms with Crippen LogP contribution in [-0.2, 0) is 19.1 Å². The number of amides is 1. The minimum absolute atomic E-state index is 0.192. The lowest BCUT2D eigenvalue weighted by Gasteiger charge is -2.25. The van der Waals surface area contributed by atoms with Crippen LogP contribution < -0.4 is 0 Å². The molecule has 0 bridgehead atoms. The van der Waals surface area contributed by atoms with Gasteiger partial charge < -0.3 is 4.74 Å². The minimum Gasteiger partial charge on any atom is -0.381 e. The van der Waals surface area contributed by atoms with Crippen molar-refractivity contribution in [1.29, 1.82) is 0 Å². The summed E-state index contributed by atoms with van der Waals surface area (Å²) in [5.74, 6) is 3.72. The Kier molecular flexibility index (Phi) is 5.21. The number of carbonyl (C=O) groups excluding carboxylic acids is 1. The van der Waals surface area contributed by atoms with Gasteiger partial charge in [0.1, 0.15) is 0 Å². The predicted octanol–water partition coefficient (Wildman–Crippen LogP) is 4.00. The highest BCUT2D eigenvalue weighted by Crippen LogP contribution is 2.46. The number of hydrogen-bond acceptors (Lipinski definition) is 4. The molecule has 0 spiro atoms. The van der Waals surface area contributed by atoms with Gasteiger partial charge in [-0.1, -0.05) is 12.1 Å². The van der Waals surface area contributed by atoms with Crippen LogP contribution in [0.1, 0.15) is 67.9 Å². The Balaban J connectivity index is 1.66. The van der Waals surface area contributed by atoms with E-state index in [2.05, 4.69) is 11.0 Å². The molecule has 1 heterocycles. The van der Waals surface area contributed by atoms with Gasteiger partial charge in [0.2, 0.25) is 0 Å². The van der Waals surface area contributed by atoms with Gasteiger partial charge in [0.05, 0.1) is 5.92 Å². The van der Waals surface area contributed by atoms with Crippen molar-refractivity contribution in [1.82, 2.24) is 0 Å². The average molecular weight is 390 g/mol. The van der Waals surface area contributed by atoms with Crippen molar-refractivity contribution in [3.05, 3.63) is 34.2 Å². The van der Waals surface area contributed by atoms with E-state index in [1.54, 1.807) is 0 Å². The van der Waals surface area contributed by atoms with Crippen LogP contribution in [0, 0.1) is 10.8 Å². The second kappa shape index (κ2) is 7.47. The molecule has 3 fully saturated rings. The van der Waals surface area contributed by atoms with E-state index < -0.39 is 21.3 Å². The van der Waals surface area contributed by atoms with Crippen LogP contribution in [0.3, 0.4) is 0 Å². The molecule has 2 saturated carbocycles. The molecule has 1 aromatic rings. The number of benzene rings is 1. The quantitative estimate of drug-likeness (QED) is 0.522. The maximum absolute atomic E-state index is 13.2. The molecule has 1 saturated heterocycles. The highest BCUT2D eigenvalue weighted by molar-refractivity contribution is 8.01. The van der Waals surface area contributed by atoms with Crippen molar-refractivity contribution in [2.45, 2.75) is 66.9 Å². The number of rotatable bonds is 7. The fourth-order valence-corrected chi connectivity index (χ4v) is 6.38. The van der Waals surface area contributed by atoms with Gasteiger partial charge in [-0.3, -0.25) is 9.00 Å². The highest BCUT2D eigenvalue weighted by Gasteiger charge is 2.37. The van der Waals surface area contributed by atoms with Crippen molar-refractivity contribution in [3.8, 4) is 0 Å². The van der Waals surface area contributed by atoms with Gasteiger partial charge in [-0.25, -0.2) is 0 Å². The third kappa shape index (κ3) is 4.02. The Labute approximate surface area is 160 Å². The van der Waals surface area contributed by atoms with Crippen LogP contribution >= 0.6 is 0 Å². The van der Waals surface area contributed by atoms with Crippen LogP contribution in [0.5, 0.6) is 0 Å². The Morgan fingerprint density at radius 3 is 2.48 bits per heavy atom. The van der Waals surface area contributed by atoms with Crippen molar-refractivity contribution >= 4 is 21.3 Å². The molecule has 5 nitrogen and oxygen atoms in total. The molecule has 0 N–H and O–H groups in total. The first-order valence-corrected chi connectivity index (χ1v) is 11.7. The SMILES string of the molecule is C=S(=O)(c1ccc(C(CC2CCOCC2)C(=O)N=O)cc1C1CC1)C1CC1. The fraction of sp³-hybridized carbons (Fsp3) is 0.619. The summed E-state index contributed by atoms with van der Waals surface area (Å²) in [6.07, 6.45) is 6.57. The summed E-state index contributed by atoms with van der Waals surface area (Å²) >= 11 is 0. The summed E-state index contributed by atoms with van der Waals surface area (Å²) < 4.78 is 18.6. The molecule has 1 aliphatic heterocycles. The standard InChI is InChI=1S/C21H27NO4S/c1-27(25,17-5-6-17)20-7-4-16(13-18(20)15-2-3-15)19(21(23)22-24)12-14-8-10-26-11-9-14/h4,7,13-15,17,19H,1-3,5-6,8-12H2. The van der Waals surface area contributed by atoms with Crippen LogP contribution in [0.15, 0.2) is 28.3 Å².